The standard InChI is InChI=1S/C11H16OS/c1-3-10(4-2)13-11-7-5-9(12)6-8-11/h5-8,10,12H,3-4H2,1-2H3. The number of hydrogen-bond donors (Lipinski definition) is 1. The summed E-state index contributed by atoms with van der Waals surface area (Å²) >= 11 is 1.89. The molecule has 0 aliphatic rings. The van der Waals surface area contributed by atoms with Gasteiger partial charge in [0.25, 0.3) is 0 Å². The van der Waals surface area contributed by atoms with Gasteiger partial charge in [0.15, 0.2) is 0 Å². The molecule has 0 heterocycles. The molecule has 1 aromatic carbocycles. The highest BCUT2D eigenvalue weighted by atomic mass is 32.2. The van der Waals surface area contributed by atoms with Gasteiger partial charge < -0.3 is 5.11 Å². The van der Waals surface area contributed by atoms with Crippen LogP contribution in [0.3, 0.4) is 0 Å². The van der Waals surface area contributed by atoms with Crippen molar-refractivity contribution in [1.29, 1.82) is 0 Å². The van der Waals surface area contributed by atoms with E-state index in [1.165, 1.54) is 17.7 Å². The van der Waals surface area contributed by atoms with Crippen LogP contribution in [-0.2, 0) is 0 Å². The Kier molecular flexibility index (Phi) is 4.16. The molecule has 0 saturated carbocycles. The van der Waals surface area contributed by atoms with Crippen LogP contribution < -0.4 is 0 Å². The Balaban J connectivity index is 2.58. The highest BCUT2D eigenvalue weighted by Crippen LogP contribution is 2.28. The molecular formula is C11H16OS. The zero-order chi connectivity index (χ0) is 9.68. The quantitative estimate of drug-likeness (QED) is 0.741. The van der Waals surface area contributed by atoms with E-state index >= 15 is 0 Å². The second-order valence-electron chi connectivity index (χ2n) is 3.05. The summed E-state index contributed by atoms with van der Waals surface area (Å²) in [6.07, 6.45) is 2.39. The maximum atomic E-state index is 9.10. The average Bonchev–Trinajstić information content (AvgIpc) is 2.17. The molecule has 0 atom stereocenters. The molecule has 72 valence electrons. The fourth-order valence-corrected chi connectivity index (χ4v) is 2.18. The first-order valence-electron chi connectivity index (χ1n) is 4.72. The lowest BCUT2D eigenvalue weighted by atomic mass is 10.3. The number of benzene rings is 1. The third-order valence-electron chi connectivity index (χ3n) is 2.05. The van der Waals surface area contributed by atoms with Crippen LogP contribution in [0.2, 0.25) is 0 Å². The molecule has 1 nitrogen and oxygen atoms in total. The second-order valence-corrected chi connectivity index (χ2v) is 4.42. The molecule has 0 unspecified atom stereocenters. The summed E-state index contributed by atoms with van der Waals surface area (Å²) in [5.41, 5.74) is 0. The van der Waals surface area contributed by atoms with Crippen LogP contribution in [0.5, 0.6) is 5.75 Å². The Morgan fingerprint density at radius 2 is 1.69 bits per heavy atom. The van der Waals surface area contributed by atoms with Gasteiger partial charge in [-0.25, -0.2) is 0 Å². The van der Waals surface area contributed by atoms with Crippen LogP contribution in [0.15, 0.2) is 29.2 Å². The number of phenols is 1. The van der Waals surface area contributed by atoms with Crippen molar-refractivity contribution >= 4 is 11.8 Å². The van der Waals surface area contributed by atoms with Gasteiger partial charge >= 0.3 is 0 Å². The number of rotatable bonds is 4. The van der Waals surface area contributed by atoms with Crippen molar-refractivity contribution in [3.8, 4) is 5.75 Å². The molecule has 0 aliphatic heterocycles. The lowest BCUT2D eigenvalue weighted by Gasteiger charge is -2.11. The Morgan fingerprint density at radius 3 is 2.15 bits per heavy atom. The van der Waals surface area contributed by atoms with Crippen molar-refractivity contribution in [1.82, 2.24) is 0 Å². The number of thioether (sulfide) groups is 1. The van der Waals surface area contributed by atoms with Gasteiger partial charge in [0.2, 0.25) is 0 Å². The van der Waals surface area contributed by atoms with Crippen molar-refractivity contribution < 1.29 is 5.11 Å². The zero-order valence-corrected chi connectivity index (χ0v) is 8.97. The van der Waals surface area contributed by atoms with Crippen molar-refractivity contribution in [3.63, 3.8) is 0 Å². The molecule has 1 N–H and O–H groups in total. The molecule has 0 amide bonds. The largest absolute Gasteiger partial charge is 0.508 e. The lowest BCUT2D eigenvalue weighted by Crippen LogP contribution is -1.96. The van der Waals surface area contributed by atoms with Gasteiger partial charge in [-0.1, -0.05) is 13.8 Å². The molecule has 0 bridgehead atoms. The Hall–Kier alpha value is -0.630. The predicted octanol–water partition coefficient (Wildman–Crippen LogP) is 3.67. The minimum Gasteiger partial charge on any atom is -0.508 e. The SMILES string of the molecule is CCC(CC)Sc1ccc(O)cc1. The predicted molar refractivity (Wildman–Crippen MR) is 58.3 cm³/mol. The van der Waals surface area contributed by atoms with Crippen LogP contribution in [0.1, 0.15) is 26.7 Å². The minimum absolute atomic E-state index is 0.342. The summed E-state index contributed by atoms with van der Waals surface area (Å²) in [7, 11) is 0. The highest BCUT2D eigenvalue weighted by molar-refractivity contribution is 8.00. The van der Waals surface area contributed by atoms with Crippen molar-refractivity contribution in [2.24, 2.45) is 0 Å². The van der Waals surface area contributed by atoms with E-state index in [1.807, 2.05) is 23.9 Å². The van der Waals surface area contributed by atoms with Crippen LogP contribution in [0, 0.1) is 0 Å². The van der Waals surface area contributed by atoms with E-state index in [0.717, 1.165) is 0 Å². The Morgan fingerprint density at radius 1 is 1.15 bits per heavy atom. The summed E-state index contributed by atoms with van der Waals surface area (Å²) in [6, 6.07) is 7.42. The zero-order valence-electron chi connectivity index (χ0n) is 8.16. The molecule has 0 radical (unpaired) electrons. The molecular weight excluding hydrogens is 180 g/mol. The van der Waals surface area contributed by atoms with Gasteiger partial charge in [-0.2, -0.15) is 0 Å². The first kappa shape index (κ1) is 10.5. The van der Waals surface area contributed by atoms with Crippen LogP contribution in [0.25, 0.3) is 0 Å². The van der Waals surface area contributed by atoms with Gasteiger partial charge in [0.1, 0.15) is 5.75 Å². The van der Waals surface area contributed by atoms with E-state index in [0.29, 0.717) is 11.0 Å². The molecule has 2 heteroatoms. The molecule has 0 aromatic heterocycles. The van der Waals surface area contributed by atoms with Gasteiger partial charge in [0.05, 0.1) is 0 Å². The Labute approximate surface area is 84.2 Å². The van der Waals surface area contributed by atoms with Crippen molar-refractivity contribution in [2.75, 3.05) is 0 Å². The summed E-state index contributed by atoms with van der Waals surface area (Å²) < 4.78 is 0. The minimum atomic E-state index is 0.342. The average molecular weight is 196 g/mol. The smallest absolute Gasteiger partial charge is 0.115 e. The van der Waals surface area contributed by atoms with E-state index < -0.39 is 0 Å². The van der Waals surface area contributed by atoms with Crippen LogP contribution >= 0.6 is 11.8 Å². The summed E-state index contributed by atoms with van der Waals surface area (Å²) in [5, 5.41) is 9.79. The van der Waals surface area contributed by atoms with Gasteiger partial charge in [-0.05, 0) is 37.1 Å². The van der Waals surface area contributed by atoms with E-state index in [4.69, 9.17) is 5.11 Å². The lowest BCUT2D eigenvalue weighted by molar-refractivity contribution is 0.475. The van der Waals surface area contributed by atoms with Crippen LogP contribution in [-0.4, -0.2) is 10.4 Å². The number of aromatic hydroxyl groups is 1. The van der Waals surface area contributed by atoms with Crippen molar-refractivity contribution in [2.45, 2.75) is 36.8 Å². The molecule has 0 fully saturated rings. The fraction of sp³-hybridized carbons (Fsp3) is 0.455. The molecule has 13 heavy (non-hydrogen) atoms. The third kappa shape index (κ3) is 3.31. The summed E-state index contributed by atoms with van der Waals surface area (Å²) in [4.78, 5) is 1.24. The first-order chi connectivity index (χ1) is 6.26. The van der Waals surface area contributed by atoms with Gasteiger partial charge in [-0.3, -0.25) is 0 Å². The van der Waals surface area contributed by atoms with Gasteiger partial charge in [-0.15, -0.1) is 11.8 Å². The van der Waals surface area contributed by atoms with E-state index in [1.54, 1.807) is 12.1 Å². The van der Waals surface area contributed by atoms with E-state index in [9.17, 15) is 0 Å². The maximum absolute atomic E-state index is 9.10. The fourth-order valence-electron chi connectivity index (χ4n) is 1.17. The van der Waals surface area contributed by atoms with E-state index in [2.05, 4.69) is 13.8 Å². The monoisotopic (exact) mass is 196 g/mol. The number of hydrogen-bond acceptors (Lipinski definition) is 2. The van der Waals surface area contributed by atoms with Crippen LogP contribution in [0.4, 0.5) is 0 Å². The Bertz CT molecular complexity index is 239. The molecule has 0 spiro atoms. The molecule has 0 aliphatic carbocycles. The third-order valence-corrected chi connectivity index (χ3v) is 3.59. The van der Waals surface area contributed by atoms with Gasteiger partial charge in [0, 0.05) is 10.1 Å². The normalized spacial score (nSPS) is 10.7. The molecule has 0 saturated heterocycles. The van der Waals surface area contributed by atoms with Crippen molar-refractivity contribution in [3.05, 3.63) is 24.3 Å². The first-order valence-corrected chi connectivity index (χ1v) is 5.60. The van der Waals surface area contributed by atoms with E-state index in [-0.39, 0.29) is 0 Å². The summed E-state index contributed by atoms with van der Waals surface area (Å²) in [5.74, 6) is 0.342. The number of phenolic OH excluding ortho intramolecular Hbond substituents is 1. The summed E-state index contributed by atoms with van der Waals surface area (Å²) in [6.45, 7) is 4.42. The highest BCUT2D eigenvalue weighted by Gasteiger charge is 2.04. The second kappa shape index (κ2) is 5.18. The maximum Gasteiger partial charge on any atom is 0.115 e. The topological polar surface area (TPSA) is 20.2 Å². The molecule has 1 aromatic rings. The molecule has 1 rings (SSSR count).